The molecule has 0 atom stereocenters. The normalized spacial score (nSPS) is 15.0. The van der Waals surface area contributed by atoms with Crippen LogP contribution in [-0.2, 0) is 16.1 Å². The molecule has 1 amide bonds. The highest BCUT2D eigenvalue weighted by Crippen LogP contribution is 2.30. The Morgan fingerprint density at radius 2 is 1.86 bits per heavy atom. The molecule has 1 aliphatic heterocycles. The number of morpholine rings is 1. The van der Waals surface area contributed by atoms with Crippen molar-refractivity contribution >= 4 is 23.5 Å². The van der Waals surface area contributed by atoms with Crippen LogP contribution >= 0.6 is 0 Å². The van der Waals surface area contributed by atoms with Crippen molar-refractivity contribution in [2.75, 3.05) is 45.3 Å². The zero-order valence-electron chi connectivity index (χ0n) is 16.9. The SMILES string of the molecule is CC=Cc1cc([N+](C)(C)C(=O)OCc2ccccc2)ccc1N1CCOCC1. The van der Waals surface area contributed by atoms with E-state index in [-0.39, 0.29) is 17.2 Å². The van der Waals surface area contributed by atoms with Gasteiger partial charge in [0.2, 0.25) is 0 Å². The van der Waals surface area contributed by atoms with Crippen molar-refractivity contribution in [3.05, 3.63) is 65.7 Å². The second-order valence-electron chi connectivity index (χ2n) is 7.34. The summed E-state index contributed by atoms with van der Waals surface area (Å²) in [5.41, 5.74) is 4.14. The summed E-state index contributed by atoms with van der Waals surface area (Å²) in [6, 6.07) is 15.9. The number of ether oxygens (including phenoxy) is 2. The van der Waals surface area contributed by atoms with Gasteiger partial charge in [0.25, 0.3) is 0 Å². The van der Waals surface area contributed by atoms with Crippen molar-refractivity contribution in [2.24, 2.45) is 0 Å². The molecule has 0 spiro atoms. The third-order valence-corrected chi connectivity index (χ3v) is 5.02. The van der Waals surface area contributed by atoms with Gasteiger partial charge >= 0.3 is 6.09 Å². The molecule has 2 aromatic rings. The molecule has 1 heterocycles. The van der Waals surface area contributed by atoms with Crippen LogP contribution in [0, 0.1) is 0 Å². The number of allylic oxidation sites excluding steroid dienone is 1. The maximum Gasteiger partial charge on any atom is 0.521 e. The van der Waals surface area contributed by atoms with Crippen LogP contribution in [-0.4, -0.2) is 46.5 Å². The standard InChI is InChI=1S/C23H29N2O3/c1-4-8-20-17-21(11-12-22(20)24-13-15-27-16-14-24)25(2,3)23(26)28-18-19-9-6-5-7-10-19/h4-12,17H,13-16,18H2,1-3H3/q+1. The lowest BCUT2D eigenvalue weighted by Crippen LogP contribution is -2.47. The van der Waals surface area contributed by atoms with Crippen LogP contribution in [0.15, 0.2) is 54.6 Å². The number of amides is 1. The van der Waals surface area contributed by atoms with E-state index in [9.17, 15) is 4.79 Å². The van der Waals surface area contributed by atoms with Gasteiger partial charge in [0.05, 0.1) is 27.3 Å². The van der Waals surface area contributed by atoms with E-state index >= 15 is 0 Å². The number of hydrogen-bond acceptors (Lipinski definition) is 4. The summed E-state index contributed by atoms with van der Waals surface area (Å²) < 4.78 is 11.1. The summed E-state index contributed by atoms with van der Waals surface area (Å²) in [5, 5.41) is 0. The fraction of sp³-hybridized carbons (Fsp3) is 0.348. The largest absolute Gasteiger partial charge is 0.521 e. The topological polar surface area (TPSA) is 38.8 Å². The van der Waals surface area contributed by atoms with Crippen LogP contribution in [0.4, 0.5) is 16.2 Å². The lowest BCUT2D eigenvalue weighted by molar-refractivity contribution is 0.113. The number of quaternary nitrogens is 1. The molecule has 0 aliphatic carbocycles. The minimum atomic E-state index is -0.283. The van der Waals surface area contributed by atoms with Crippen LogP contribution in [0.3, 0.4) is 0 Å². The van der Waals surface area contributed by atoms with Gasteiger partial charge in [0.15, 0.2) is 0 Å². The van der Waals surface area contributed by atoms with E-state index in [0.29, 0.717) is 0 Å². The van der Waals surface area contributed by atoms with Gasteiger partial charge in [-0.1, -0.05) is 42.5 Å². The van der Waals surface area contributed by atoms with Gasteiger partial charge in [-0.15, -0.1) is 0 Å². The zero-order chi connectivity index (χ0) is 20.0. The van der Waals surface area contributed by atoms with Gasteiger partial charge in [0, 0.05) is 36.5 Å². The number of anilines is 1. The molecule has 1 fully saturated rings. The lowest BCUT2D eigenvalue weighted by atomic mass is 10.1. The molecule has 0 N–H and O–H groups in total. The number of carbonyl (C=O) groups excluding carboxylic acids is 1. The molecule has 0 radical (unpaired) electrons. The van der Waals surface area contributed by atoms with Crippen LogP contribution in [0.25, 0.3) is 6.08 Å². The first-order valence-corrected chi connectivity index (χ1v) is 9.67. The van der Waals surface area contributed by atoms with Crippen molar-refractivity contribution in [1.29, 1.82) is 0 Å². The molecule has 5 nitrogen and oxygen atoms in total. The predicted octanol–water partition coefficient (Wildman–Crippen LogP) is 4.46. The second-order valence-corrected chi connectivity index (χ2v) is 7.34. The second kappa shape index (κ2) is 9.04. The number of benzene rings is 2. The monoisotopic (exact) mass is 381 g/mol. The Balaban J connectivity index is 1.80. The molecular weight excluding hydrogens is 352 g/mol. The van der Waals surface area contributed by atoms with E-state index in [0.717, 1.165) is 43.1 Å². The third kappa shape index (κ3) is 4.61. The van der Waals surface area contributed by atoms with Crippen LogP contribution in [0.1, 0.15) is 18.1 Å². The highest BCUT2D eigenvalue weighted by Gasteiger charge is 2.32. The molecule has 0 bridgehead atoms. The first-order chi connectivity index (χ1) is 13.5. The quantitative estimate of drug-likeness (QED) is 0.717. The average molecular weight is 381 g/mol. The summed E-state index contributed by atoms with van der Waals surface area (Å²) in [7, 11) is 3.72. The van der Waals surface area contributed by atoms with E-state index < -0.39 is 0 Å². The van der Waals surface area contributed by atoms with Gasteiger partial charge in [-0.2, -0.15) is 9.28 Å². The summed E-state index contributed by atoms with van der Waals surface area (Å²) in [6.07, 6.45) is 3.83. The summed E-state index contributed by atoms with van der Waals surface area (Å²) >= 11 is 0. The molecule has 1 aliphatic rings. The number of hydrogen-bond donors (Lipinski definition) is 0. The van der Waals surface area contributed by atoms with Gasteiger partial charge in [-0.3, -0.25) is 0 Å². The van der Waals surface area contributed by atoms with E-state index in [4.69, 9.17) is 9.47 Å². The summed E-state index contributed by atoms with van der Waals surface area (Å²) in [5.74, 6) is 0. The van der Waals surface area contributed by atoms with Gasteiger partial charge < -0.3 is 14.4 Å². The van der Waals surface area contributed by atoms with Gasteiger partial charge in [-0.05, 0) is 18.6 Å². The highest BCUT2D eigenvalue weighted by molar-refractivity contribution is 5.83. The summed E-state index contributed by atoms with van der Waals surface area (Å²) in [4.78, 5) is 15.1. The minimum absolute atomic E-state index is 0.0286. The molecule has 0 saturated carbocycles. The lowest BCUT2D eigenvalue weighted by Gasteiger charge is -2.31. The average Bonchev–Trinajstić information content (AvgIpc) is 2.73. The molecule has 148 valence electrons. The Bertz CT molecular complexity index is 825. The van der Waals surface area contributed by atoms with Crippen molar-refractivity contribution in [2.45, 2.75) is 13.5 Å². The molecule has 28 heavy (non-hydrogen) atoms. The van der Waals surface area contributed by atoms with E-state index in [2.05, 4.69) is 23.1 Å². The molecule has 1 saturated heterocycles. The molecule has 2 aromatic carbocycles. The number of carbonyl (C=O) groups is 1. The number of rotatable bonds is 5. The van der Waals surface area contributed by atoms with E-state index in [1.54, 1.807) is 0 Å². The van der Waals surface area contributed by atoms with Crippen molar-refractivity contribution in [3.63, 3.8) is 0 Å². The van der Waals surface area contributed by atoms with Gasteiger partial charge in [-0.25, -0.2) is 0 Å². The molecule has 0 unspecified atom stereocenters. The number of nitrogens with zero attached hydrogens (tertiary/aromatic N) is 2. The van der Waals surface area contributed by atoms with Crippen molar-refractivity contribution in [1.82, 2.24) is 4.48 Å². The van der Waals surface area contributed by atoms with Crippen molar-refractivity contribution in [3.8, 4) is 0 Å². The fourth-order valence-electron chi connectivity index (χ4n) is 3.28. The first-order valence-electron chi connectivity index (χ1n) is 9.67. The van der Waals surface area contributed by atoms with E-state index in [1.165, 1.54) is 5.69 Å². The fourth-order valence-corrected chi connectivity index (χ4v) is 3.28. The Morgan fingerprint density at radius 1 is 1.14 bits per heavy atom. The smallest absolute Gasteiger partial charge is 0.415 e. The Labute approximate surface area is 167 Å². The van der Waals surface area contributed by atoms with Crippen molar-refractivity contribution < 1.29 is 14.3 Å². The molecule has 0 aromatic heterocycles. The van der Waals surface area contributed by atoms with Crippen LogP contribution in [0.5, 0.6) is 0 Å². The Kier molecular flexibility index (Phi) is 6.49. The third-order valence-electron chi connectivity index (χ3n) is 5.02. The molecular formula is C23H29N2O3+. The zero-order valence-corrected chi connectivity index (χ0v) is 16.9. The maximum absolute atomic E-state index is 12.8. The predicted molar refractivity (Wildman–Crippen MR) is 114 cm³/mol. The molecule has 3 rings (SSSR count). The highest BCUT2D eigenvalue weighted by atomic mass is 16.6. The minimum Gasteiger partial charge on any atom is -0.415 e. The van der Waals surface area contributed by atoms with Gasteiger partial charge in [0.1, 0.15) is 12.3 Å². The summed E-state index contributed by atoms with van der Waals surface area (Å²) in [6.45, 7) is 5.51. The van der Waals surface area contributed by atoms with E-state index in [1.807, 2.05) is 63.5 Å². The Morgan fingerprint density at radius 3 is 2.54 bits per heavy atom. The first kappa shape index (κ1) is 20.1. The molecule has 5 heteroatoms. The van der Waals surface area contributed by atoms with Crippen LogP contribution < -0.4 is 9.38 Å². The maximum atomic E-state index is 12.8. The Hall–Kier alpha value is -2.63. The van der Waals surface area contributed by atoms with Crippen LogP contribution in [0.2, 0.25) is 0 Å².